The highest BCUT2D eigenvalue weighted by Crippen LogP contribution is 2.35. The highest BCUT2D eigenvalue weighted by Gasteiger charge is 2.17. The van der Waals surface area contributed by atoms with E-state index in [1.807, 2.05) is 0 Å². The summed E-state index contributed by atoms with van der Waals surface area (Å²) in [5.41, 5.74) is 1.80. The van der Waals surface area contributed by atoms with Crippen LogP contribution in [0.3, 0.4) is 0 Å². The smallest absolute Gasteiger partial charge is 0.492 e. The second kappa shape index (κ2) is 16.6. The minimum Gasteiger partial charge on any atom is -0.497 e. The van der Waals surface area contributed by atoms with Gasteiger partial charge in [-0.2, -0.15) is 0 Å². The third kappa shape index (κ3) is 10.0. The summed E-state index contributed by atoms with van der Waals surface area (Å²) in [6.07, 6.45) is 0. The Morgan fingerprint density at radius 1 is 0.700 bits per heavy atom. The maximum atomic E-state index is 9.30. The van der Waals surface area contributed by atoms with Crippen molar-refractivity contribution in [3.05, 3.63) is 88.1 Å². The molecule has 0 aliphatic carbocycles. The fourth-order valence-electron chi connectivity index (χ4n) is 2.76. The lowest BCUT2D eigenvalue weighted by atomic mass is 9.79. The third-order valence-corrected chi connectivity index (χ3v) is 7.13. The summed E-state index contributed by atoms with van der Waals surface area (Å²) in [5.74, 6) is 0.411. The Kier molecular flexibility index (Phi) is 14.5. The van der Waals surface area contributed by atoms with Crippen LogP contribution < -0.4 is 10.2 Å². The predicted molar refractivity (Wildman–Crippen MR) is 163 cm³/mol. The van der Waals surface area contributed by atoms with Crippen molar-refractivity contribution in [3.8, 4) is 17.0 Å². The summed E-state index contributed by atoms with van der Waals surface area (Å²) >= 11 is 51.0. The highest BCUT2D eigenvalue weighted by atomic mass is 35.5. The molecule has 0 saturated heterocycles. The Balaban J connectivity index is 0.000000222. The second-order valence-electron chi connectivity index (χ2n) is 7.05. The molecule has 2 aromatic heterocycles. The lowest BCUT2D eigenvalue weighted by Gasteiger charge is -2.10. The monoisotopic (exact) mass is 724 g/mol. The van der Waals surface area contributed by atoms with Gasteiger partial charge in [0.1, 0.15) is 15.8 Å². The van der Waals surface area contributed by atoms with E-state index in [1.165, 1.54) is 13.2 Å². The molecule has 2 heterocycles. The van der Waals surface area contributed by atoms with Gasteiger partial charge in [0.05, 0.1) is 19.4 Å². The molecule has 0 amide bonds. The van der Waals surface area contributed by atoms with E-state index in [9.17, 15) is 5.11 Å². The molecule has 0 aliphatic heterocycles. The molecule has 0 fully saturated rings. The molecule has 0 aliphatic rings. The molecule has 3 N–H and O–H groups in total. The average Bonchev–Trinajstić information content (AvgIpc) is 2.90. The number of benzene rings is 2. The van der Waals surface area contributed by atoms with Crippen LogP contribution in [0.5, 0.6) is 5.75 Å². The summed E-state index contributed by atoms with van der Waals surface area (Å²) < 4.78 is 4.88. The van der Waals surface area contributed by atoms with Crippen molar-refractivity contribution in [2.75, 3.05) is 7.11 Å². The van der Waals surface area contributed by atoms with Crippen LogP contribution in [0.4, 0.5) is 0 Å². The van der Waals surface area contributed by atoms with Crippen molar-refractivity contribution in [2.45, 2.75) is 6.61 Å². The Morgan fingerprint density at radius 3 is 1.73 bits per heavy atom. The average molecular weight is 728 g/mol. The summed E-state index contributed by atoms with van der Waals surface area (Å²) in [5, 5.41) is 28.4. The Bertz CT molecular complexity index is 1460. The maximum absolute atomic E-state index is 9.30. The number of hydrogen-bond donors (Lipinski definition) is 3. The van der Waals surface area contributed by atoms with Gasteiger partial charge in [-0.1, -0.05) is 87.3 Å². The lowest BCUT2D eigenvalue weighted by Crippen LogP contribution is -2.31. The Hall–Kier alpha value is -1.05. The molecule has 0 radical (unpaired) electrons. The van der Waals surface area contributed by atoms with E-state index in [2.05, 4.69) is 19.9 Å². The van der Waals surface area contributed by atoms with Gasteiger partial charge in [0, 0.05) is 21.1 Å². The number of rotatable bonds is 4. The van der Waals surface area contributed by atoms with Gasteiger partial charge in [-0.3, -0.25) is 0 Å². The SMILES string of the molecule is COc1ccc(Cl)cc1B(O)O.Clc1nc(Cl)c(Cl)c(Cl)n1.OCc1ccc(Cl)cc1-c1nc(Cl)nc(Cl)c1Cl. The molecule has 18 heteroatoms. The number of hydrogen-bond acceptors (Lipinski definition) is 8. The number of methoxy groups -OCH3 is 1. The number of nitrogens with zero attached hydrogens (tertiary/aromatic N) is 4. The van der Waals surface area contributed by atoms with Gasteiger partial charge in [0.25, 0.3) is 0 Å². The van der Waals surface area contributed by atoms with Gasteiger partial charge in [0.15, 0.2) is 15.5 Å². The molecule has 0 spiro atoms. The van der Waals surface area contributed by atoms with E-state index in [1.54, 1.807) is 30.3 Å². The minimum atomic E-state index is -1.56. The molecule has 212 valence electrons. The number of halogens is 9. The third-order valence-electron chi connectivity index (χ3n) is 4.49. The predicted octanol–water partition coefficient (Wildman–Crippen LogP) is 7.37. The van der Waals surface area contributed by atoms with Crippen molar-refractivity contribution in [1.82, 2.24) is 19.9 Å². The molecule has 0 atom stereocenters. The van der Waals surface area contributed by atoms with Crippen molar-refractivity contribution >= 4 is 117 Å². The molecule has 4 rings (SSSR count). The van der Waals surface area contributed by atoms with Gasteiger partial charge in [0.2, 0.25) is 10.6 Å². The van der Waals surface area contributed by atoms with Crippen LogP contribution in [0.15, 0.2) is 36.4 Å². The Morgan fingerprint density at radius 2 is 1.20 bits per heavy atom. The first-order valence-corrected chi connectivity index (χ1v) is 13.7. The number of ether oxygens (including phenoxy) is 1. The fourth-order valence-corrected chi connectivity index (χ4v) is 4.41. The molecular weight excluding hydrogens is 714 g/mol. The van der Waals surface area contributed by atoms with Gasteiger partial charge < -0.3 is 19.9 Å². The first-order chi connectivity index (χ1) is 18.8. The van der Waals surface area contributed by atoms with Gasteiger partial charge in [-0.15, -0.1) is 0 Å². The van der Waals surface area contributed by atoms with E-state index in [0.717, 1.165) is 0 Å². The van der Waals surface area contributed by atoms with E-state index >= 15 is 0 Å². The zero-order valence-corrected chi connectivity index (χ0v) is 26.5. The Labute approximate surface area is 273 Å². The molecule has 4 aromatic rings. The van der Waals surface area contributed by atoms with Crippen LogP contribution in [0.25, 0.3) is 11.3 Å². The quantitative estimate of drug-likeness (QED) is 0.113. The fraction of sp³-hybridized carbons (Fsp3) is 0.0909. The number of aromatic nitrogens is 4. The van der Waals surface area contributed by atoms with Gasteiger partial charge >= 0.3 is 7.12 Å². The zero-order chi connectivity index (χ0) is 30.1. The summed E-state index contributed by atoms with van der Waals surface area (Å²) in [7, 11) is -0.103. The van der Waals surface area contributed by atoms with E-state index in [-0.39, 0.29) is 48.1 Å². The molecule has 0 unspecified atom stereocenters. The van der Waals surface area contributed by atoms with Gasteiger partial charge in [-0.25, -0.2) is 19.9 Å². The molecule has 40 heavy (non-hydrogen) atoms. The highest BCUT2D eigenvalue weighted by molar-refractivity contribution is 6.60. The van der Waals surface area contributed by atoms with E-state index in [4.69, 9.17) is 119 Å². The summed E-state index contributed by atoms with van der Waals surface area (Å²) in [4.78, 5) is 14.8. The van der Waals surface area contributed by atoms with Crippen LogP contribution in [-0.4, -0.2) is 49.3 Å². The first-order valence-electron chi connectivity index (χ1n) is 10.3. The van der Waals surface area contributed by atoms with Crippen LogP contribution in [-0.2, 0) is 6.61 Å². The topological polar surface area (TPSA) is 121 Å². The van der Waals surface area contributed by atoms with Crippen LogP contribution >= 0.6 is 104 Å². The van der Waals surface area contributed by atoms with Crippen molar-refractivity contribution in [3.63, 3.8) is 0 Å². The van der Waals surface area contributed by atoms with E-state index < -0.39 is 7.12 Å². The molecule has 0 saturated carbocycles. The number of aliphatic hydroxyl groups excluding tert-OH is 1. The van der Waals surface area contributed by atoms with Crippen LogP contribution in [0.1, 0.15) is 5.56 Å². The normalized spacial score (nSPS) is 10.2. The van der Waals surface area contributed by atoms with E-state index in [0.29, 0.717) is 32.6 Å². The molecule has 0 bridgehead atoms. The summed E-state index contributed by atoms with van der Waals surface area (Å²) in [6.45, 7) is -0.178. The van der Waals surface area contributed by atoms with Crippen LogP contribution in [0.2, 0.25) is 46.1 Å². The minimum absolute atomic E-state index is 0.0144. The molecule has 2 aromatic carbocycles. The molecule has 8 nitrogen and oxygen atoms in total. The largest absolute Gasteiger partial charge is 0.497 e. The molecular formula is C22H14BCl9N4O4. The van der Waals surface area contributed by atoms with Crippen LogP contribution in [0, 0.1) is 0 Å². The lowest BCUT2D eigenvalue weighted by molar-refractivity contribution is 0.282. The summed E-state index contributed by atoms with van der Waals surface area (Å²) in [6, 6.07) is 9.62. The maximum Gasteiger partial charge on any atom is 0.492 e. The zero-order valence-electron chi connectivity index (χ0n) is 19.7. The first kappa shape index (κ1) is 35.2. The standard InChI is InChI=1S/C11H6Cl4N2O.C7H8BClO3.C4Cl4N2/c12-6-2-1-5(4-18)7(3-6)9-8(13)10(14)17-11(15)16-9;1-12-7-3-2-5(9)4-6(7)8(10)11;5-1-2(6)9-4(8)10-3(1)7/h1-3,18H,4H2;2-4,10-11H,1H3;. The second-order valence-corrected chi connectivity index (χ2v) is 10.4. The van der Waals surface area contributed by atoms with Crippen molar-refractivity contribution < 1.29 is 19.9 Å². The van der Waals surface area contributed by atoms with Crippen molar-refractivity contribution in [1.29, 1.82) is 0 Å². The number of aliphatic hydroxyl groups is 1. The van der Waals surface area contributed by atoms with Crippen molar-refractivity contribution in [2.24, 2.45) is 0 Å². The van der Waals surface area contributed by atoms with Gasteiger partial charge in [-0.05, 0) is 59.1 Å².